The summed E-state index contributed by atoms with van der Waals surface area (Å²) in [6, 6.07) is 15.1. The van der Waals surface area contributed by atoms with Crippen LogP contribution in [0.1, 0.15) is 48.5 Å². The molecule has 3 heterocycles. The number of nitrogens with zero attached hydrogens (tertiary/aromatic N) is 3. The highest BCUT2D eigenvalue weighted by molar-refractivity contribution is 5.95. The normalized spacial score (nSPS) is 17.2. The Morgan fingerprint density at radius 3 is 2.57 bits per heavy atom. The third-order valence-electron chi connectivity index (χ3n) is 7.04. The molecule has 8 heteroatoms. The topological polar surface area (TPSA) is 84.0 Å². The fourth-order valence-corrected chi connectivity index (χ4v) is 5.17. The maximum absolute atomic E-state index is 13.8. The van der Waals surface area contributed by atoms with Gasteiger partial charge in [0, 0.05) is 68.0 Å². The Labute approximate surface area is 217 Å². The van der Waals surface area contributed by atoms with E-state index in [9.17, 15) is 9.59 Å². The Bertz CT molecular complexity index is 1260. The maximum Gasteiger partial charge on any atom is 0.254 e. The molecule has 2 fully saturated rings. The standard InChI is InChI=1S/C29H34N4O4/c1-20(34)30-24-10-7-21(8-11-24)29(35)33(19-26-6-5-15-37-26)18-23-16-22-9-12-25(36-2)17-27(22)31-28(23)32-13-3-4-14-32/h7-12,16-17,26H,3-6,13-15,18-19H2,1-2H3,(H,30,34)/t26-/m1/s1. The van der Waals surface area contributed by atoms with Gasteiger partial charge in [0.1, 0.15) is 11.6 Å². The van der Waals surface area contributed by atoms with Crippen molar-refractivity contribution in [2.75, 3.05) is 43.6 Å². The van der Waals surface area contributed by atoms with Crippen LogP contribution >= 0.6 is 0 Å². The fourth-order valence-electron chi connectivity index (χ4n) is 5.17. The second kappa shape index (κ2) is 11.2. The van der Waals surface area contributed by atoms with Crippen LogP contribution in [0.5, 0.6) is 5.75 Å². The van der Waals surface area contributed by atoms with Crippen molar-refractivity contribution in [2.45, 2.75) is 45.3 Å². The first-order valence-corrected chi connectivity index (χ1v) is 13.0. The zero-order valence-electron chi connectivity index (χ0n) is 21.5. The number of hydrogen-bond acceptors (Lipinski definition) is 6. The predicted molar refractivity (Wildman–Crippen MR) is 144 cm³/mol. The number of rotatable bonds is 8. The summed E-state index contributed by atoms with van der Waals surface area (Å²) < 4.78 is 11.3. The summed E-state index contributed by atoms with van der Waals surface area (Å²) in [5.74, 6) is 1.50. The maximum atomic E-state index is 13.8. The molecule has 2 aromatic carbocycles. The number of aromatic nitrogens is 1. The van der Waals surface area contributed by atoms with Gasteiger partial charge in [-0.3, -0.25) is 9.59 Å². The van der Waals surface area contributed by atoms with Crippen LogP contribution in [0.2, 0.25) is 0 Å². The van der Waals surface area contributed by atoms with Crippen LogP contribution in [0.3, 0.4) is 0 Å². The lowest BCUT2D eigenvalue weighted by Crippen LogP contribution is -2.37. The number of carbonyl (C=O) groups excluding carboxylic acids is 2. The van der Waals surface area contributed by atoms with Gasteiger partial charge in [-0.2, -0.15) is 0 Å². The molecular weight excluding hydrogens is 468 g/mol. The lowest BCUT2D eigenvalue weighted by atomic mass is 10.1. The van der Waals surface area contributed by atoms with E-state index < -0.39 is 0 Å². The number of methoxy groups -OCH3 is 1. The van der Waals surface area contributed by atoms with Crippen molar-refractivity contribution < 1.29 is 19.1 Å². The summed E-state index contributed by atoms with van der Waals surface area (Å²) in [5, 5.41) is 3.77. The SMILES string of the molecule is COc1ccc2cc(CN(C[C@H]3CCCO3)C(=O)c3ccc(NC(C)=O)cc3)c(N3CCCC3)nc2c1. The zero-order valence-corrected chi connectivity index (χ0v) is 21.5. The van der Waals surface area contributed by atoms with E-state index in [4.69, 9.17) is 14.5 Å². The molecule has 2 saturated heterocycles. The van der Waals surface area contributed by atoms with Crippen LogP contribution in [0.4, 0.5) is 11.5 Å². The van der Waals surface area contributed by atoms with E-state index in [1.165, 1.54) is 6.92 Å². The number of hydrogen-bond donors (Lipinski definition) is 1. The van der Waals surface area contributed by atoms with Crippen LogP contribution in [-0.4, -0.2) is 61.2 Å². The van der Waals surface area contributed by atoms with Crippen molar-refractivity contribution in [3.63, 3.8) is 0 Å². The molecule has 8 nitrogen and oxygen atoms in total. The minimum absolute atomic E-state index is 0.0236. The van der Waals surface area contributed by atoms with Gasteiger partial charge in [0.2, 0.25) is 5.91 Å². The summed E-state index contributed by atoms with van der Waals surface area (Å²) >= 11 is 0. The molecule has 2 aliphatic rings. The molecular formula is C29H34N4O4. The van der Waals surface area contributed by atoms with E-state index in [0.29, 0.717) is 24.3 Å². The molecule has 1 N–H and O–H groups in total. The highest BCUT2D eigenvalue weighted by Gasteiger charge is 2.26. The van der Waals surface area contributed by atoms with E-state index >= 15 is 0 Å². The Morgan fingerprint density at radius 2 is 1.89 bits per heavy atom. The Morgan fingerprint density at radius 1 is 1.11 bits per heavy atom. The van der Waals surface area contributed by atoms with Gasteiger partial charge in [-0.05, 0) is 68.1 Å². The average molecular weight is 503 g/mol. The molecule has 0 bridgehead atoms. The largest absolute Gasteiger partial charge is 0.497 e. The van der Waals surface area contributed by atoms with Gasteiger partial charge in [0.25, 0.3) is 5.91 Å². The number of ether oxygens (including phenoxy) is 2. The molecule has 0 saturated carbocycles. The Kier molecular flexibility index (Phi) is 7.55. The fraction of sp³-hybridized carbons (Fsp3) is 0.414. The quantitative estimate of drug-likeness (QED) is 0.484. The van der Waals surface area contributed by atoms with Crippen LogP contribution < -0.4 is 15.0 Å². The minimum Gasteiger partial charge on any atom is -0.497 e. The summed E-state index contributed by atoms with van der Waals surface area (Å²) in [5.41, 5.74) is 3.16. The zero-order chi connectivity index (χ0) is 25.8. The number of amides is 2. The first-order valence-electron chi connectivity index (χ1n) is 13.0. The van der Waals surface area contributed by atoms with E-state index in [2.05, 4.69) is 16.3 Å². The second-order valence-electron chi connectivity index (χ2n) is 9.80. The number of nitrogens with one attached hydrogen (secondary N) is 1. The number of anilines is 2. The number of benzene rings is 2. The molecule has 3 aromatic rings. The van der Waals surface area contributed by atoms with Crippen molar-refractivity contribution in [1.82, 2.24) is 9.88 Å². The second-order valence-corrected chi connectivity index (χ2v) is 9.80. The van der Waals surface area contributed by atoms with Crippen molar-refractivity contribution in [2.24, 2.45) is 0 Å². The van der Waals surface area contributed by atoms with Crippen LogP contribution in [0.15, 0.2) is 48.5 Å². The van der Waals surface area contributed by atoms with Crippen LogP contribution in [-0.2, 0) is 16.1 Å². The summed E-state index contributed by atoms with van der Waals surface area (Å²) in [4.78, 5) is 34.4. The minimum atomic E-state index is -0.144. The summed E-state index contributed by atoms with van der Waals surface area (Å²) in [7, 11) is 1.66. The lowest BCUT2D eigenvalue weighted by Gasteiger charge is -2.28. The number of fused-ring (bicyclic) bond motifs is 1. The van der Waals surface area contributed by atoms with Gasteiger partial charge >= 0.3 is 0 Å². The van der Waals surface area contributed by atoms with Crippen molar-refractivity contribution in [1.29, 1.82) is 0 Å². The predicted octanol–water partition coefficient (Wildman–Crippen LogP) is 4.62. The van der Waals surface area contributed by atoms with Gasteiger partial charge in [-0.15, -0.1) is 0 Å². The molecule has 2 aliphatic heterocycles. The summed E-state index contributed by atoms with van der Waals surface area (Å²) in [6.07, 6.45) is 4.25. The molecule has 0 aliphatic carbocycles. The molecule has 0 unspecified atom stereocenters. The van der Waals surface area contributed by atoms with Gasteiger partial charge in [-0.25, -0.2) is 4.98 Å². The van der Waals surface area contributed by atoms with Gasteiger partial charge in [-0.1, -0.05) is 0 Å². The molecule has 0 spiro atoms. The first kappa shape index (κ1) is 25.0. The van der Waals surface area contributed by atoms with Crippen molar-refractivity contribution >= 4 is 34.2 Å². The highest BCUT2D eigenvalue weighted by Crippen LogP contribution is 2.30. The third kappa shape index (κ3) is 5.85. The first-order chi connectivity index (χ1) is 18.0. The molecule has 1 aromatic heterocycles. The van der Waals surface area contributed by atoms with Crippen molar-refractivity contribution in [3.8, 4) is 5.75 Å². The number of carbonyl (C=O) groups is 2. The molecule has 0 radical (unpaired) electrons. The molecule has 37 heavy (non-hydrogen) atoms. The molecule has 194 valence electrons. The van der Waals surface area contributed by atoms with Crippen LogP contribution in [0.25, 0.3) is 10.9 Å². The summed E-state index contributed by atoms with van der Waals surface area (Å²) in [6.45, 7) is 5.07. The average Bonchev–Trinajstić information content (AvgIpc) is 3.62. The van der Waals surface area contributed by atoms with E-state index in [1.807, 2.05) is 23.1 Å². The highest BCUT2D eigenvalue weighted by atomic mass is 16.5. The monoisotopic (exact) mass is 502 g/mol. The van der Waals surface area contributed by atoms with Gasteiger partial charge < -0.3 is 24.6 Å². The molecule has 5 rings (SSSR count). The Balaban J connectivity index is 1.48. The van der Waals surface area contributed by atoms with Gasteiger partial charge in [0.15, 0.2) is 0 Å². The van der Waals surface area contributed by atoms with E-state index in [-0.39, 0.29) is 17.9 Å². The third-order valence-corrected chi connectivity index (χ3v) is 7.04. The van der Waals surface area contributed by atoms with Crippen LogP contribution in [0, 0.1) is 0 Å². The van der Waals surface area contributed by atoms with E-state index in [1.54, 1.807) is 31.4 Å². The number of pyridine rings is 1. The van der Waals surface area contributed by atoms with E-state index in [0.717, 1.165) is 73.4 Å². The smallest absolute Gasteiger partial charge is 0.254 e. The lowest BCUT2D eigenvalue weighted by molar-refractivity contribution is -0.114. The van der Waals surface area contributed by atoms with Crippen molar-refractivity contribution in [3.05, 3.63) is 59.7 Å². The molecule has 1 atom stereocenters. The van der Waals surface area contributed by atoms with Gasteiger partial charge in [0.05, 0.1) is 18.7 Å². The Hall–Kier alpha value is -3.65. The molecule has 2 amide bonds.